The van der Waals surface area contributed by atoms with Gasteiger partial charge in [-0.15, -0.1) is 0 Å². The van der Waals surface area contributed by atoms with E-state index in [2.05, 4.69) is 10.3 Å². The van der Waals surface area contributed by atoms with E-state index >= 15 is 0 Å². The summed E-state index contributed by atoms with van der Waals surface area (Å²) in [6.45, 7) is 1.41. The average molecular weight is 233 g/mol. The monoisotopic (exact) mass is 233 g/mol. The first kappa shape index (κ1) is 12.0. The number of rotatable bonds is 6. The molecule has 4 heteroatoms. The minimum absolute atomic E-state index is 0.113. The smallest absolute Gasteiger partial charge is 0.220 e. The number of pyridine rings is 1. The molecule has 0 radical (unpaired) electrons. The van der Waals surface area contributed by atoms with Gasteiger partial charge in [0.15, 0.2) is 0 Å². The quantitative estimate of drug-likeness (QED) is 0.766. The van der Waals surface area contributed by atoms with Crippen LogP contribution in [0.3, 0.4) is 0 Å². The van der Waals surface area contributed by atoms with Crippen molar-refractivity contribution in [2.45, 2.75) is 25.7 Å². The third kappa shape index (κ3) is 3.53. The van der Waals surface area contributed by atoms with Crippen LogP contribution in [0.4, 0.5) is 0 Å². The van der Waals surface area contributed by atoms with E-state index in [0.717, 1.165) is 31.4 Å². The molecule has 0 aliphatic heterocycles. The fourth-order valence-corrected chi connectivity index (χ4v) is 1.81. The van der Waals surface area contributed by atoms with Crippen LogP contribution in [0.2, 0.25) is 0 Å². The Hall–Kier alpha value is -1.42. The average Bonchev–Trinajstić information content (AvgIpc) is 3.16. The summed E-state index contributed by atoms with van der Waals surface area (Å²) in [5.41, 5.74) is 7.02. The van der Waals surface area contributed by atoms with E-state index in [9.17, 15) is 4.79 Å². The normalized spacial score (nSPS) is 16.5. The van der Waals surface area contributed by atoms with Crippen LogP contribution in [0.25, 0.3) is 0 Å². The zero-order chi connectivity index (χ0) is 12.1. The summed E-state index contributed by atoms with van der Waals surface area (Å²) >= 11 is 0. The van der Waals surface area contributed by atoms with Crippen molar-refractivity contribution in [1.29, 1.82) is 0 Å². The highest BCUT2D eigenvalue weighted by Crippen LogP contribution is 2.43. The Labute approximate surface area is 102 Å². The predicted octanol–water partition coefficient (Wildman–Crippen LogP) is 0.869. The first-order valence-corrected chi connectivity index (χ1v) is 6.10. The van der Waals surface area contributed by atoms with Crippen molar-refractivity contribution in [2.24, 2.45) is 11.1 Å². The second-order valence-corrected chi connectivity index (χ2v) is 4.84. The zero-order valence-corrected chi connectivity index (χ0v) is 9.98. The number of carbonyl (C=O) groups is 1. The highest BCUT2D eigenvalue weighted by atomic mass is 16.1. The fourth-order valence-electron chi connectivity index (χ4n) is 1.81. The van der Waals surface area contributed by atoms with Crippen LogP contribution in [-0.4, -0.2) is 24.0 Å². The molecule has 1 saturated carbocycles. The molecule has 1 aliphatic carbocycles. The number of nitrogens with zero attached hydrogens (tertiary/aromatic N) is 1. The van der Waals surface area contributed by atoms with Crippen molar-refractivity contribution >= 4 is 5.91 Å². The molecule has 1 fully saturated rings. The summed E-state index contributed by atoms with van der Waals surface area (Å²) in [4.78, 5) is 15.6. The molecule has 1 amide bonds. The Bertz CT molecular complexity index is 374. The third-order valence-electron chi connectivity index (χ3n) is 3.44. The van der Waals surface area contributed by atoms with Crippen molar-refractivity contribution in [3.05, 3.63) is 30.1 Å². The van der Waals surface area contributed by atoms with E-state index in [4.69, 9.17) is 5.73 Å². The lowest BCUT2D eigenvalue weighted by Gasteiger charge is -2.13. The topological polar surface area (TPSA) is 68.0 Å². The number of carbonyl (C=O) groups excluding carboxylic acids is 1. The van der Waals surface area contributed by atoms with Gasteiger partial charge in [-0.2, -0.15) is 0 Å². The molecule has 0 bridgehead atoms. The molecule has 92 valence electrons. The van der Waals surface area contributed by atoms with Gasteiger partial charge in [0.1, 0.15) is 0 Å². The van der Waals surface area contributed by atoms with Gasteiger partial charge in [0.25, 0.3) is 0 Å². The van der Waals surface area contributed by atoms with Gasteiger partial charge in [0.2, 0.25) is 5.91 Å². The minimum Gasteiger partial charge on any atom is -0.355 e. The minimum atomic E-state index is 0.113. The van der Waals surface area contributed by atoms with Crippen LogP contribution >= 0.6 is 0 Å². The summed E-state index contributed by atoms with van der Waals surface area (Å²) in [5.74, 6) is 0.113. The zero-order valence-electron chi connectivity index (χ0n) is 9.98. The maximum Gasteiger partial charge on any atom is 0.220 e. The fraction of sp³-hybridized carbons (Fsp3) is 0.538. The molecule has 1 aromatic heterocycles. The van der Waals surface area contributed by atoms with Crippen LogP contribution in [0.5, 0.6) is 0 Å². The summed E-state index contributed by atoms with van der Waals surface area (Å²) in [7, 11) is 0. The largest absolute Gasteiger partial charge is 0.355 e. The predicted molar refractivity (Wildman–Crippen MR) is 66.3 cm³/mol. The number of aromatic nitrogens is 1. The number of hydrogen-bond donors (Lipinski definition) is 2. The Kier molecular flexibility index (Phi) is 3.74. The molecule has 0 atom stereocenters. The van der Waals surface area contributed by atoms with Gasteiger partial charge in [-0.3, -0.25) is 9.78 Å². The first-order valence-electron chi connectivity index (χ1n) is 6.10. The van der Waals surface area contributed by atoms with Crippen LogP contribution in [0.1, 0.15) is 24.8 Å². The molecule has 0 spiro atoms. The molecule has 4 nitrogen and oxygen atoms in total. The van der Waals surface area contributed by atoms with Crippen LogP contribution in [0.15, 0.2) is 24.5 Å². The molecule has 0 aromatic carbocycles. The molecule has 0 saturated heterocycles. The van der Waals surface area contributed by atoms with Gasteiger partial charge in [0, 0.05) is 25.4 Å². The first-order chi connectivity index (χ1) is 8.24. The molecule has 1 aliphatic rings. The van der Waals surface area contributed by atoms with Crippen molar-refractivity contribution < 1.29 is 4.79 Å². The van der Waals surface area contributed by atoms with Gasteiger partial charge in [-0.05, 0) is 48.9 Å². The van der Waals surface area contributed by atoms with Gasteiger partial charge >= 0.3 is 0 Å². The second-order valence-electron chi connectivity index (χ2n) is 4.84. The number of aryl methyl sites for hydroxylation is 1. The lowest BCUT2D eigenvalue weighted by Crippen LogP contribution is -2.33. The Morgan fingerprint density at radius 3 is 2.71 bits per heavy atom. The van der Waals surface area contributed by atoms with Crippen molar-refractivity contribution in [3.8, 4) is 0 Å². The van der Waals surface area contributed by atoms with E-state index in [0.29, 0.717) is 13.0 Å². The molecule has 0 unspecified atom stereocenters. The van der Waals surface area contributed by atoms with Gasteiger partial charge in [-0.1, -0.05) is 0 Å². The number of amides is 1. The summed E-state index contributed by atoms with van der Waals surface area (Å²) in [5, 5.41) is 2.97. The molecule has 1 heterocycles. The van der Waals surface area contributed by atoms with Crippen LogP contribution < -0.4 is 11.1 Å². The maximum absolute atomic E-state index is 11.6. The number of nitrogens with one attached hydrogen (secondary N) is 1. The number of hydrogen-bond acceptors (Lipinski definition) is 3. The highest BCUT2D eigenvalue weighted by molar-refractivity contribution is 5.76. The van der Waals surface area contributed by atoms with Gasteiger partial charge in [-0.25, -0.2) is 0 Å². The summed E-state index contributed by atoms with van der Waals surface area (Å²) in [6, 6.07) is 3.88. The van der Waals surface area contributed by atoms with E-state index in [-0.39, 0.29) is 11.3 Å². The maximum atomic E-state index is 11.6. The Balaban J connectivity index is 1.68. The van der Waals surface area contributed by atoms with Gasteiger partial charge < -0.3 is 11.1 Å². The van der Waals surface area contributed by atoms with E-state index in [1.165, 1.54) is 0 Å². The molecular formula is C13H19N3O. The lowest BCUT2D eigenvalue weighted by molar-refractivity contribution is -0.121. The molecule has 17 heavy (non-hydrogen) atoms. The van der Waals surface area contributed by atoms with Gasteiger partial charge in [0.05, 0.1) is 0 Å². The van der Waals surface area contributed by atoms with E-state index in [1.54, 1.807) is 12.4 Å². The summed E-state index contributed by atoms with van der Waals surface area (Å²) < 4.78 is 0. The Morgan fingerprint density at radius 1 is 1.41 bits per heavy atom. The molecule has 2 rings (SSSR count). The Morgan fingerprint density at radius 2 is 2.12 bits per heavy atom. The standard InChI is InChI=1S/C13H19N3O/c14-9-13(5-6-13)10-16-12(17)2-1-11-3-7-15-8-4-11/h3-4,7-8H,1-2,5-6,9-10,14H2,(H,16,17). The summed E-state index contributed by atoms with van der Waals surface area (Å²) in [6.07, 6.45) is 7.10. The van der Waals surface area contributed by atoms with Crippen molar-refractivity contribution in [1.82, 2.24) is 10.3 Å². The highest BCUT2D eigenvalue weighted by Gasteiger charge is 2.41. The van der Waals surface area contributed by atoms with Crippen LogP contribution in [-0.2, 0) is 11.2 Å². The molecule has 3 N–H and O–H groups in total. The third-order valence-corrected chi connectivity index (χ3v) is 3.44. The molecule has 1 aromatic rings. The SMILES string of the molecule is NCC1(CNC(=O)CCc2ccncc2)CC1. The van der Waals surface area contributed by atoms with Crippen molar-refractivity contribution in [2.75, 3.05) is 13.1 Å². The second kappa shape index (κ2) is 5.27. The lowest BCUT2D eigenvalue weighted by atomic mass is 10.1. The van der Waals surface area contributed by atoms with E-state index < -0.39 is 0 Å². The van der Waals surface area contributed by atoms with Crippen molar-refractivity contribution in [3.63, 3.8) is 0 Å². The van der Waals surface area contributed by atoms with E-state index in [1.807, 2.05) is 12.1 Å². The van der Waals surface area contributed by atoms with Crippen LogP contribution in [0, 0.1) is 5.41 Å². The molecular weight excluding hydrogens is 214 g/mol. The number of nitrogens with two attached hydrogens (primary N) is 1.